The molecule has 7 rings (SSSR count). The third-order valence-electron chi connectivity index (χ3n) is 10.7. The smallest absolute Gasteiger partial charge is 0.419 e. The molecule has 0 saturated carbocycles. The first-order valence-corrected chi connectivity index (χ1v) is 31.2. The topological polar surface area (TPSA) is 302 Å². The highest BCUT2D eigenvalue weighted by molar-refractivity contribution is 8.15. The predicted molar refractivity (Wildman–Crippen MR) is 326 cm³/mol. The molecule has 82 heavy (non-hydrogen) atoms. The molecule has 0 fully saturated rings. The van der Waals surface area contributed by atoms with Crippen LogP contribution in [0.3, 0.4) is 0 Å². The fraction of sp³-hybridized carbons (Fsp3) is 0.566. The van der Waals surface area contributed by atoms with Crippen LogP contribution in [0.15, 0.2) is 57.6 Å². The molecule has 0 aromatic carbocycles. The number of thiazole rings is 2. The number of carbonyl (C=O) groups excluding carboxylic acids is 8. The van der Waals surface area contributed by atoms with Crippen LogP contribution in [-0.4, -0.2) is 154 Å². The van der Waals surface area contributed by atoms with Crippen LogP contribution in [0.2, 0.25) is 0 Å². The fourth-order valence-electron chi connectivity index (χ4n) is 6.76. The second-order valence-electron chi connectivity index (χ2n) is 20.8. The van der Waals surface area contributed by atoms with Crippen molar-refractivity contribution in [3.05, 3.63) is 74.7 Å². The van der Waals surface area contributed by atoms with Crippen LogP contribution in [0.4, 0.5) is 9.59 Å². The van der Waals surface area contributed by atoms with Gasteiger partial charge in [-0.15, -0.1) is 46.2 Å². The highest BCUT2D eigenvalue weighted by Crippen LogP contribution is 2.33. The van der Waals surface area contributed by atoms with E-state index in [1.54, 1.807) is 32.2 Å². The Kier molecular flexibility index (Phi) is 27.6. The Labute approximate surface area is 505 Å². The third-order valence-corrected chi connectivity index (χ3v) is 15.5. The lowest BCUT2D eigenvalue weighted by Gasteiger charge is -2.19. The number of thiol groups is 2. The van der Waals surface area contributed by atoms with E-state index in [-0.39, 0.29) is 68.7 Å². The van der Waals surface area contributed by atoms with Crippen LogP contribution in [0.25, 0.3) is 0 Å². The quantitative estimate of drug-likeness (QED) is 0.0545. The third kappa shape index (κ3) is 24.6. The van der Waals surface area contributed by atoms with Crippen molar-refractivity contribution in [2.45, 2.75) is 149 Å². The van der Waals surface area contributed by atoms with Gasteiger partial charge in [0.1, 0.15) is 85.4 Å². The van der Waals surface area contributed by atoms with E-state index in [9.17, 15) is 38.4 Å². The Morgan fingerprint density at radius 3 is 1.57 bits per heavy atom. The molecule has 4 atom stereocenters. The number of alkyl carbamates (subject to hydrolysis) is 1. The summed E-state index contributed by atoms with van der Waals surface area (Å²) in [6.07, 6.45) is 10.2. The van der Waals surface area contributed by atoms with Gasteiger partial charge < -0.3 is 45.5 Å². The average Bonchev–Trinajstić information content (AvgIpc) is 4.48. The lowest BCUT2D eigenvalue weighted by atomic mass is 10.1. The molecule has 0 aliphatic carbocycles. The minimum Gasteiger partial charge on any atom is -0.456 e. The van der Waals surface area contributed by atoms with Crippen LogP contribution in [-0.2, 0) is 60.8 Å². The molecule has 5 amide bonds. The number of aromatic nitrogens is 4. The van der Waals surface area contributed by atoms with E-state index in [0.717, 1.165) is 22.1 Å². The second-order valence-corrected chi connectivity index (χ2v) is 25.5. The summed E-state index contributed by atoms with van der Waals surface area (Å²) >= 11 is 14.0. The zero-order valence-electron chi connectivity index (χ0n) is 47.8. The standard InChI is InChI=1S/2C18H22N4O4S3.C9H14N2O2.C8H17NO2/c2*1-18-10-29-16(22-18)12-9-28-14(21-12)7-19-13(23)6-11(4-2-3-5-27)26-15(24)8-20-17(18)25;1-7-5-11(6-10-7)8(12)13-9(2,3)4;1-5-6-9-7(10)11-8(2,3)4/h2*2,4,9,11,27H,3,5-8,10H2,1H3,(H,19,23)(H,20,25);5-6H,1-4H3;5-6H2,1-4H3,(H,9,10)/b2*4-2+;;. The molecule has 4 aliphatic rings. The van der Waals surface area contributed by atoms with Crippen molar-refractivity contribution >= 4 is 129 Å². The predicted octanol–water partition coefficient (Wildman–Crippen LogP) is 6.53. The zero-order valence-corrected chi connectivity index (χ0v) is 52.8. The minimum atomic E-state index is -0.971. The summed E-state index contributed by atoms with van der Waals surface area (Å²) in [6.45, 7) is 19.0. The maximum atomic E-state index is 12.6. The molecule has 7 heterocycles. The number of hydrogen-bond donors (Lipinski definition) is 7. The summed E-state index contributed by atoms with van der Waals surface area (Å²) in [5, 5.41) is 20.0. The molecular formula is C53H75N11O12S6. The zero-order chi connectivity index (χ0) is 60.7. The lowest BCUT2D eigenvalue weighted by Crippen LogP contribution is -2.46. The average molecular weight is 1250 g/mol. The van der Waals surface area contributed by atoms with Gasteiger partial charge in [0.25, 0.3) is 0 Å². The number of allylic oxidation sites excluding steroid dienone is 2. The molecule has 4 aliphatic heterocycles. The number of thioether (sulfide) groups is 2. The van der Waals surface area contributed by atoms with E-state index < -0.39 is 52.5 Å². The van der Waals surface area contributed by atoms with Gasteiger partial charge in [0, 0.05) is 35.0 Å². The molecule has 0 radical (unpaired) electrons. The first-order chi connectivity index (χ1) is 38.6. The van der Waals surface area contributed by atoms with Crippen LogP contribution in [0.1, 0.15) is 122 Å². The number of esters is 2. The van der Waals surface area contributed by atoms with Crippen molar-refractivity contribution in [3.63, 3.8) is 0 Å². The monoisotopic (exact) mass is 1250 g/mol. The molecule has 3 aromatic heterocycles. The van der Waals surface area contributed by atoms with Crippen molar-refractivity contribution in [1.29, 1.82) is 0 Å². The number of nitrogens with zero attached hydrogens (tertiary/aromatic N) is 6. The summed E-state index contributed by atoms with van der Waals surface area (Å²) in [5.74, 6) is -0.226. The first kappa shape index (κ1) is 68.7. The molecule has 8 bridgehead atoms. The number of hydrogen-bond acceptors (Lipinski definition) is 23. The molecule has 29 heteroatoms. The van der Waals surface area contributed by atoms with E-state index in [4.69, 9.17) is 18.9 Å². The minimum absolute atomic E-state index is 0.0126. The van der Waals surface area contributed by atoms with Crippen molar-refractivity contribution in [2.75, 3.05) is 42.6 Å². The number of aliphatic imine (C=N–C) groups is 2. The van der Waals surface area contributed by atoms with Crippen molar-refractivity contribution in [3.8, 4) is 0 Å². The molecule has 5 N–H and O–H groups in total. The Bertz CT molecular complexity index is 2680. The van der Waals surface area contributed by atoms with Crippen molar-refractivity contribution in [1.82, 2.24) is 46.1 Å². The highest BCUT2D eigenvalue weighted by atomic mass is 32.2. The molecule has 0 saturated heterocycles. The van der Waals surface area contributed by atoms with Gasteiger partial charge in [0.2, 0.25) is 23.6 Å². The number of fused-ring (bicyclic) bond motifs is 8. The molecule has 450 valence electrons. The normalized spacial score (nSPS) is 21.7. The highest BCUT2D eigenvalue weighted by Gasteiger charge is 2.41. The van der Waals surface area contributed by atoms with Crippen molar-refractivity contribution < 1.29 is 57.3 Å². The Morgan fingerprint density at radius 1 is 0.732 bits per heavy atom. The number of cyclic esters (lactones) is 2. The number of nitrogens with one attached hydrogen (secondary N) is 5. The van der Waals surface area contributed by atoms with Gasteiger partial charge in [-0.3, -0.25) is 38.8 Å². The van der Waals surface area contributed by atoms with Gasteiger partial charge in [0.15, 0.2) is 0 Å². The number of aryl methyl sites for hydroxylation is 1. The first-order valence-electron chi connectivity index (χ1n) is 26.2. The molecule has 0 spiro atoms. The SMILES string of the molecule is CC12CSC(=N1)c1csc(n1)CNC(=O)CC(/C=C/CCS)OC(=O)CNC2=O.CC12CSC(=N1)c1csc(n1)CNC(=O)CC(/C=C/CCS)OC(=O)CNC2=O.CCCNC(=O)OC(C)(C)C.Cc1cn(C(=O)OC(C)(C)C)cn1. The van der Waals surface area contributed by atoms with Crippen LogP contribution in [0.5, 0.6) is 0 Å². The summed E-state index contributed by atoms with van der Waals surface area (Å²) < 4.78 is 22.2. The Morgan fingerprint density at radius 2 is 1.18 bits per heavy atom. The largest absolute Gasteiger partial charge is 0.456 e. The number of ether oxygens (including phenoxy) is 4. The van der Waals surface area contributed by atoms with Gasteiger partial charge in [-0.1, -0.05) is 19.1 Å². The summed E-state index contributed by atoms with van der Waals surface area (Å²) in [7, 11) is 0. The number of rotatable bonds is 8. The van der Waals surface area contributed by atoms with Gasteiger partial charge in [-0.05, 0) is 105 Å². The molecular weight excluding hydrogens is 1180 g/mol. The molecule has 4 unspecified atom stereocenters. The lowest BCUT2D eigenvalue weighted by molar-refractivity contribution is -0.149. The maximum absolute atomic E-state index is 12.6. The van der Waals surface area contributed by atoms with E-state index in [0.29, 0.717) is 63.9 Å². The Balaban J connectivity index is 0.000000255. The Hall–Kier alpha value is -5.75. The molecule has 3 aromatic rings. The number of imidazole rings is 1. The number of amides is 5. The van der Waals surface area contributed by atoms with E-state index in [1.165, 1.54) is 57.1 Å². The maximum Gasteiger partial charge on any atom is 0.419 e. The second kappa shape index (κ2) is 32.9. The van der Waals surface area contributed by atoms with Crippen LogP contribution >= 0.6 is 71.5 Å². The van der Waals surface area contributed by atoms with E-state index in [1.807, 2.05) is 78.3 Å². The van der Waals surface area contributed by atoms with Gasteiger partial charge in [0.05, 0.1) is 31.6 Å². The van der Waals surface area contributed by atoms with Gasteiger partial charge in [-0.2, -0.15) is 25.3 Å². The van der Waals surface area contributed by atoms with E-state index >= 15 is 0 Å². The van der Waals surface area contributed by atoms with Crippen molar-refractivity contribution in [2.24, 2.45) is 9.98 Å². The molecule has 23 nitrogen and oxygen atoms in total. The summed E-state index contributed by atoms with van der Waals surface area (Å²) in [6, 6.07) is 0. The summed E-state index contributed by atoms with van der Waals surface area (Å²) in [5.41, 5.74) is -0.610. The van der Waals surface area contributed by atoms with E-state index in [2.05, 4.69) is 76.8 Å². The van der Waals surface area contributed by atoms with Crippen LogP contribution < -0.4 is 26.6 Å². The van der Waals surface area contributed by atoms with Crippen LogP contribution in [0, 0.1) is 6.92 Å². The fourth-order valence-corrected chi connectivity index (χ4v) is 10.9. The van der Waals surface area contributed by atoms with Gasteiger partial charge >= 0.3 is 24.1 Å². The van der Waals surface area contributed by atoms with Gasteiger partial charge in [-0.25, -0.2) is 29.1 Å². The summed E-state index contributed by atoms with van der Waals surface area (Å²) in [4.78, 5) is 118. The number of carbonyl (C=O) groups is 8.